The van der Waals surface area contributed by atoms with Gasteiger partial charge in [-0.25, -0.2) is 4.79 Å². The SMILES string of the molecule is CCNC(CN1CCN(C)C1=O)c1cc(C)ccc1OC. The lowest BCUT2D eigenvalue weighted by molar-refractivity contribution is 0.194. The van der Waals surface area contributed by atoms with Crippen molar-refractivity contribution >= 4 is 6.03 Å². The predicted octanol–water partition coefficient (Wildman–Crippen LogP) is 2.02. The Morgan fingerprint density at radius 2 is 2.14 bits per heavy atom. The molecule has 1 N–H and O–H groups in total. The van der Waals surface area contributed by atoms with Gasteiger partial charge in [0, 0.05) is 32.2 Å². The highest BCUT2D eigenvalue weighted by Crippen LogP contribution is 2.27. The Balaban J connectivity index is 2.22. The molecule has 0 saturated carbocycles. The molecule has 1 atom stereocenters. The van der Waals surface area contributed by atoms with Gasteiger partial charge in [-0.3, -0.25) is 0 Å². The highest BCUT2D eigenvalue weighted by molar-refractivity contribution is 5.76. The summed E-state index contributed by atoms with van der Waals surface area (Å²) in [7, 11) is 3.53. The molecule has 1 unspecified atom stereocenters. The molecule has 1 fully saturated rings. The number of hydrogen-bond acceptors (Lipinski definition) is 3. The highest BCUT2D eigenvalue weighted by Gasteiger charge is 2.28. The zero-order valence-electron chi connectivity index (χ0n) is 13.3. The summed E-state index contributed by atoms with van der Waals surface area (Å²) in [6.45, 7) is 7.23. The topological polar surface area (TPSA) is 44.8 Å². The molecule has 2 rings (SSSR count). The average Bonchev–Trinajstić information content (AvgIpc) is 2.78. The maximum absolute atomic E-state index is 12.1. The minimum atomic E-state index is 0.0836. The second-order valence-corrected chi connectivity index (χ2v) is 5.51. The van der Waals surface area contributed by atoms with Crippen LogP contribution in [0.1, 0.15) is 24.1 Å². The number of aryl methyl sites for hydroxylation is 1. The molecule has 1 aromatic rings. The molecule has 5 nitrogen and oxygen atoms in total. The Hall–Kier alpha value is -1.75. The summed E-state index contributed by atoms with van der Waals surface area (Å²) in [6.07, 6.45) is 0. The van der Waals surface area contributed by atoms with Crippen molar-refractivity contribution in [2.75, 3.05) is 40.3 Å². The summed E-state index contributed by atoms with van der Waals surface area (Å²) < 4.78 is 5.49. The first kappa shape index (κ1) is 15.6. The largest absolute Gasteiger partial charge is 0.496 e. The number of carbonyl (C=O) groups is 1. The molecular formula is C16H25N3O2. The number of ether oxygens (including phenoxy) is 1. The summed E-state index contributed by atoms with van der Waals surface area (Å²) in [5.74, 6) is 0.867. The third-order valence-corrected chi connectivity index (χ3v) is 3.92. The first-order chi connectivity index (χ1) is 10.1. The van der Waals surface area contributed by atoms with Crippen molar-refractivity contribution in [3.63, 3.8) is 0 Å². The lowest BCUT2D eigenvalue weighted by atomic mass is 10.0. The van der Waals surface area contributed by atoms with Crippen molar-refractivity contribution in [3.05, 3.63) is 29.3 Å². The number of urea groups is 1. The summed E-state index contributed by atoms with van der Waals surface area (Å²) in [4.78, 5) is 15.7. The second-order valence-electron chi connectivity index (χ2n) is 5.51. The fourth-order valence-corrected chi connectivity index (χ4v) is 2.74. The maximum Gasteiger partial charge on any atom is 0.319 e. The quantitative estimate of drug-likeness (QED) is 0.872. The van der Waals surface area contributed by atoms with Crippen LogP contribution in [0.4, 0.5) is 4.79 Å². The molecule has 116 valence electrons. The van der Waals surface area contributed by atoms with Crippen LogP contribution in [0.25, 0.3) is 0 Å². The van der Waals surface area contributed by atoms with Gasteiger partial charge in [-0.05, 0) is 19.5 Å². The van der Waals surface area contributed by atoms with Gasteiger partial charge >= 0.3 is 6.03 Å². The predicted molar refractivity (Wildman–Crippen MR) is 83.7 cm³/mol. The standard InChI is InChI=1S/C16H25N3O2/c1-5-17-14(11-19-9-8-18(3)16(19)20)13-10-12(2)6-7-15(13)21-4/h6-7,10,14,17H,5,8-9,11H2,1-4H3. The number of hydrogen-bond donors (Lipinski definition) is 1. The normalized spacial score (nSPS) is 16.5. The number of benzene rings is 1. The van der Waals surface area contributed by atoms with Gasteiger partial charge in [0.2, 0.25) is 0 Å². The molecule has 0 aromatic heterocycles. The van der Waals surface area contributed by atoms with Crippen molar-refractivity contribution in [1.29, 1.82) is 0 Å². The van der Waals surface area contributed by atoms with Crippen LogP contribution in [-0.4, -0.2) is 56.2 Å². The number of nitrogens with one attached hydrogen (secondary N) is 1. The Labute approximate surface area is 126 Å². The Morgan fingerprint density at radius 3 is 2.71 bits per heavy atom. The van der Waals surface area contributed by atoms with Crippen molar-refractivity contribution in [3.8, 4) is 5.75 Å². The summed E-state index contributed by atoms with van der Waals surface area (Å²) in [6, 6.07) is 6.36. The minimum absolute atomic E-state index is 0.0836. The fraction of sp³-hybridized carbons (Fsp3) is 0.562. The smallest absolute Gasteiger partial charge is 0.319 e. The summed E-state index contributed by atoms with van der Waals surface area (Å²) >= 11 is 0. The molecule has 0 radical (unpaired) electrons. The average molecular weight is 291 g/mol. The Morgan fingerprint density at radius 1 is 1.38 bits per heavy atom. The number of rotatable bonds is 6. The van der Waals surface area contributed by atoms with E-state index in [-0.39, 0.29) is 12.1 Å². The van der Waals surface area contributed by atoms with Crippen LogP contribution < -0.4 is 10.1 Å². The Kier molecular flexibility index (Phi) is 5.07. The van der Waals surface area contributed by atoms with Crippen LogP contribution in [0.15, 0.2) is 18.2 Å². The molecule has 1 aliphatic rings. The first-order valence-electron chi connectivity index (χ1n) is 7.44. The van der Waals surface area contributed by atoms with Gasteiger partial charge in [-0.1, -0.05) is 24.6 Å². The van der Waals surface area contributed by atoms with Gasteiger partial charge in [-0.2, -0.15) is 0 Å². The molecule has 1 aliphatic heterocycles. The van der Waals surface area contributed by atoms with Gasteiger partial charge in [0.05, 0.1) is 13.2 Å². The summed E-state index contributed by atoms with van der Waals surface area (Å²) in [5.41, 5.74) is 2.31. The van der Waals surface area contributed by atoms with E-state index in [1.54, 1.807) is 12.0 Å². The van der Waals surface area contributed by atoms with Crippen LogP contribution in [0.3, 0.4) is 0 Å². The highest BCUT2D eigenvalue weighted by atomic mass is 16.5. The lowest BCUT2D eigenvalue weighted by Crippen LogP contribution is -2.37. The number of methoxy groups -OCH3 is 1. The van der Waals surface area contributed by atoms with E-state index in [2.05, 4.69) is 25.2 Å². The second kappa shape index (κ2) is 6.80. The van der Waals surface area contributed by atoms with E-state index in [0.717, 1.165) is 30.9 Å². The van der Waals surface area contributed by atoms with Gasteiger partial charge in [0.15, 0.2) is 0 Å². The lowest BCUT2D eigenvalue weighted by Gasteiger charge is -2.26. The van der Waals surface area contributed by atoms with Crippen LogP contribution in [0.2, 0.25) is 0 Å². The Bertz CT molecular complexity index is 504. The minimum Gasteiger partial charge on any atom is -0.496 e. The fourth-order valence-electron chi connectivity index (χ4n) is 2.74. The van der Waals surface area contributed by atoms with E-state index in [1.807, 2.05) is 24.1 Å². The molecule has 1 heterocycles. The maximum atomic E-state index is 12.1. The van der Waals surface area contributed by atoms with Crippen molar-refractivity contribution < 1.29 is 9.53 Å². The zero-order chi connectivity index (χ0) is 15.4. The first-order valence-corrected chi connectivity index (χ1v) is 7.44. The number of carbonyl (C=O) groups excluding carboxylic acids is 1. The van der Waals surface area contributed by atoms with Gasteiger partial charge < -0.3 is 19.9 Å². The van der Waals surface area contributed by atoms with Crippen LogP contribution in [-0.2, 0) is 0 Å². The van der Waals surface area contributed by atoms with Crippen molar-refractivity contribution in [1.82, 2.24) is 15.1 Å². The number of nitrogens with zero attached hydrogens (tertiary/aromatic N) is 2. The van der Waals surface area contributed by atoms with E-state index in [9.17, 15) is 4.79 Å². The van der Waals surface area contributed by atoms with E-state index in [0.29, 0.717) is 6.54 Å². The van der Waals surface area contributed by atoms with Crippen LogP contribution in [0.5, 0.6) is 5.75 Å². The molecule has 0 spiro atoms. The molecular weight excluding hydrogens is 266 g/mol. The third-order valence-electron chi connectivity index (χ3n) is 3.92. The van der Waals surface area contributed by atoms with E-state index >= 15 is 0 Å². The number of likely N-dealkylation sites (N-methyl/N-ethyl adjacent to an activating group) is 2. The van der Waals surface area contributed by atoms with Crippen molar-refractivity contribution in [2.24, 2.45) is 0 Å². The van der Waals surface area contributed by atoms with Gasteiger partial charge in [0.25, 0.3) is 0 Å². The monoisotopic (exact) mass is 291 g/mol. The van der Waals surface area contributed by atoms with Crippen LogP contribution in [0, 0.1) is 6.92 Å². The van der Waals surface area contributed by atoms with E-state index < -0.39 is 0 Å². The molecule has 5 heteroatoms. The van der Waals surface area contributed by atoms with Crippen molar-refractivity contribution in [2.45, 2.75) is 19.9 Å². The third kappa shape index (κ3) is 3.47. The summed E-state index contributed by atoms with van der Waals surface area (Å²) in [5, 5.41) is 3.47. The molecule has 0 aliphatic carbocycles. The van der Waals surface area contributed by atoms with Gasteiger partial charge in [0.1, 0.15) is 5.75 Å². The number of amides is 2. The van der Waals surface area contributed by atoms with E-state index in [4.69, 9.17) is 4.74 Å². The van der Waals surface area contributed by atoms with Gasteiger partial charge in [-0.15, -0.1) is 0 Å². The molecule has 0 bridgehead atoms. The molecule has 2 amide bonds. The molecule has 1 aromatic carbocycles. The van der Waals surface area contributed by atoms with Crippen LogP contribution >= 0.6 is 0 Å². The molecule has 1 saturated heterocycles. The van der Waals surface area contributed by atoms with E-state index in [1.165, 1.54) is 5.56 Å². The molecule has 21 heavy (non-hydrogen) atoms. The zero-order valence-corrected chi connectivity index (χ0v) is 13.3.